The smallest absolute Gasteiger partial charge is 0.331 e. The number of ether oxygens (including phenoxy) is 3. The first kappa shape index (κ1) is 18.2. The van der Waals surface area contributed by atoms with E-state index in [4.69, 9.17) is 25.8 Å². The molecule has 0 amide bonds. The molecule has 1 rings (SSSR count). The van der Waals surface area contributed by atoms with Gasteiger partial charge in [-0.05, 0) is 41.1 Å². The molecule has 0 heterocycles. The van der Waals surface area contributed by atoms with E-state index in [0.717, 1.165) is 10.2 Å². The predicted molar refractivity (Wildman–Crippen MR) is 85.6 cm³/mol. The van der Waals surface area contributed by atoms with Crippen molar-refractivity contribution >= 4 is 39.2 Å². The lowest BCUT2D eigenvalue weighted by Crippen LogP contribution is -2.47. The topological polar surface area (TPSA) is 56.8 Å². The zero-order valence-corrected chi connectivity index (χ0v) is 14.7. The molecule has 118 valence electrons. The third-order valence-corrected chi connectivity index (χ3v) is 4.29. The average Bonchev–Trinajstić information content (AvgIpc) is 2.47. The van der Waals surface area contributed by atoms with Gasteiger partial charge in [-0.15, -0.1) is 0 Å². The van der Waals surface area contributed by atoms with Crippen LogP contribution in [0.3, 0.4) is 0 Å². The molecule has 5 nitrogen and oxygen atoms in total. The second-order valence-electron chi connectivity index (χ2n) is 4.68. The number of carbonyl (C=O) groups is 1. The van der Waals surface area contributed by atoms with E-state index in [0.29, 0.717) is 5.02 Å². The van der Waals surface area contributed by atoms with E-state index in [9.17, 15) is 4.79 Å². The van der Waals surface area contributed by atoms with Crippen LogP contribution in [0.4, 0.5) is 5.69 Å². The zero-order chi connectivity index (χ0) is 16.0. The lowest BCUT2D eigenvalue weighted by Gasteiger charge is -2.31. The van der Waals surface area contributed by atoms with Crippen LogP contribution < -0.4 is 5.32 Å². The SMILES string of the molecule is COC(=O)C(C)(CC(OC)OC)Nc1ccc(Cl)c(Br)c1. The van der Waals surface area contributed by atoms with E-state index in [1.54, 1.807) is 25.1 Å². The highest BCUT2D eigenvalue weighted by Crippen LogP contribution is 2.29. The van der Waals surface area contributed by atoms with Gasteiger partial charge in [0.05, 0.1) is 12.1 Å². The molecular weight excluding hydrogens is 362 g/mol. The Morgan fingerprint density at radius 3 is 2.48 bits per heavy atom. The minimum atomic E-state index is -1.00. The number of benzene rings is 1. The molecule has 0 fully saturated rings. The first-order valence-electron chi connectivity index (χ1n) is 6.23. The Hall–Kier alpha value is -0.820. The summed E-state index contributed by atoms with van der Waals surface area (Å²) in [5.41, 5.74) is -0.274. The van der Waals surface area contributed by atoms with Crippen LogP contribution in [0.5, 0.6) is 0 Å². The van der Waals surface area contributed by atoms with Crippen LogP contribution in [-0.2, 0) is 19.0 Å². The summed E-state index contributed by atoms with van der Waals surface area (Å²) in [7, 11) is 4.38. The van der Waals surface area contributed by atoms with Crippen LogP contribution in [0.25, 0.3) is 0 Å². The van der Waals surface area contributed by atoms with Gasteiger partial charge in [0.15, 0.2) is 6.29 Å². The number of carbonyl (C=O) groups excluding carboxylic acids is 1. The Balaban J connectivity index is 3.01. The zero-order valence-electron chi connectivity index (χ0n) is 12.4. The molecule has 1 N–H and O–H groups in total. The molecule has 0 aliphatic heterocycles. The lowest BCUT2D eigenvalue weighted by molar-refractivity contribution is -0.153. The molecule has 0 spiro atoms. The number of anilines is 1. The van der Waals surface area contributed by atoms with Crippen molar-refractivity contribution < 1.29 is 19.0 Å². The van der Waals surface area contributed by atoms with E-state index in [1.807, 2.05) is 0 Å². The average molecular weight is 381 g/mol. The van der Waals surface area contributed by atoms with Gasteiger partial charge in [0.2, 0.25) is 0 Å². The molecule has 0 aliphatic carbocycles. The van der Waals surface area contributed by atoms with Gasteiger partial charge < -0.3 is 19.5 Å². The summed E-state index contributed by atoms with van der Waals surface area (Å²) in [5, 5.41) is 3.74. The van der Waals surface area contributed by atoms with E-state index < -0.39 is 17.8 Å². The van der Waals surface area contributed by atoms with Crippen molar-refractivity contribution in [2.75, 3.05) is 26.6 Å². The van der Waals surface area contributed by atoms with Crippen molar-refractivity contribution in [3.63, 3.8) is 0 Å². The highest BCUT2D eigenvalue weighted by atomic mass is 79.9. The van der Waals surface area contributed by atoms with E-state index in [-0.39, 0.29) is 6.42 Å². The van der Waals surface area contributed by atoms with Gasteiger partial charge in [0.25, 0.3) is 0 Å². The van der Waals surface area contributed by atoms with Gasteiger partial charge in [-0.3, -0.25) is 0 Å². The van der Waals surface area contributed by atoms with Crippen LogP contribution in [0.2, 0.25) is 5.02 Å². The normalized spacial score (nSPS) is 13.9. The van der Waals surface area contributed by atoms with E-state index in [2.05, 4.69) is 21.2 Å². The second kappa shape index (κ2) is 7.98. The molecule has 0 aromatic heterocycles. The van der Waals surface area contributed by atoms with Gasteiger partial charge in [0.1, 0.15) is 5.54 Å². The van der Waals surface area contributed by atoms with Crippen LogP contribution in [0.15, 0.2) is 22.7 Å². The molecule has 0 saturated heterocycles. The maximum absolute atomic E-state index is 12.1. The second-order valence-corrected chi connectivity index (χ2v) is 5.94. The standard InChI is InChI=1S/C14H19BrClNO4/c1-14(13(18)21-4,8-12(19-2)20-3)17-9-5-6-11(16)10(15)7-9/h5-7,12,17H,8H2,1-4H3. The number of nitrogens with one attached hydrogen (secondary N) is 1. The first-order valence-corrected chi connectivity index (χ1v) is 7.40. The van der Waals surface area contributed by atoms with Gasteiger partial charge in [-0.2, -0.15) is 0 Å². The molecule has 21 heavy (non-hydrogen) atoms. The van der Waals surface area contributed by atoms with Crippen LogP contribution in [0.1, 0.15) is 13.3 Å². The van der Waals surface area contributed by atoms with Crippen molar-refractivity contribution in [3.05, 3.63) is 27.7 Å². The predicted octanol–water partition coefficient (Wildman–Crippen LogP) is 3.46. The van der Waals surface area contributed by atoms with Gasteiger partial charge >= 0.3 is 5.97 Å². The van der Waals surface area contributed by atoms with Crippen LogP contribution in [-0.4, -0.2) is 39.1 Å². The molecule has 7 heteroatoms. The monoisotopic (exact) mass is 379 g/mol. The van der Waals surface area contributed by atoms with Crippen molar-refractivity contribution in [2.45, 2.75) is 25.2 Å². The molecule has 0 saturated carbocycles. The largest absolute Gasteiger partial charge is 0.467 e. The van der Waals surface area contributed by atoms with Gasteiger partial charge in [0, 0.05) is 30.8 Å². The van der Waals surface area contributed by atoms with E-state index in [1.165, 1.54) is 21.3 Å². The van der Waals surface area contributed by atoms with Gasteiger partial charge in [-0.25, -0.2) is 4.79 Å². The third kappa shape index (κ3) is 4.85. The Morgan fingerprint density at radius 2 is 2.00 bits per heavy atom. The summed E-state index contributed by atoms with van der Waals surface area (Å²) in [6, 6.07) is 5.30. The number of methoxy groups -OCH3 is 3. The fourth-order valence-corrected chi connectivity index (χ4v) is 2.40. The summed E-state index contributed by atoms with van der Waals surface area (Å²) in [6.45, 7) is 1.73. The Labute approximate surface area is 138 Å². The van der Waals surface area contributed by atoms with Crippen molar-refractivity contribution in [1.82, 2.24) is 0 Å². The Kier molecular flexibility index (Phi) is 6.93. The molecule has 1 atom stereocenters. The summed E-state index contributed by atoms with van der Waals surface area (Å²) in [4.78, 5) is 12.1. The molecule has 1 unspecified atom stereocenters. The highest BCUT2D eigenvalue weighted by molar-refractivity contribution is 9.10. The molecule has 0 aliphatic rings. The molecule has 1 aromatic carbocycles. The van der Waals surface area contributed by atoms with Crippen molar-refractivity contribution in [1.29, 1.82) is 0 Å². The maximum atomic E-state index is 12.1. The molecule has 1 aromatic rings. The molecular formula is C14H19BrClNO4. The number of halogens is 2. The van der Waals surface area contributed by atoms with Crippen LogP contribution in [0, 0.1) is 0 Å². The van der Waals surface area contributed by atoms with Crippen molar-refractivity contribution in [3.8, 4) is 0 Å². The van der Waals surface area contributed by atoms with E-state index >= 15 is 0 Å². The highest BCUT2D eigenvalue weighted by Gasteiger charge is 2.37. The number of hydrogen-bond acceptors (Lipinski definition) is 5. The third-order valence-electron chi connectivity index (χ3n) is 3.08. The maximum Gasteiger partial charge on any atom is 0.331 e. The minimum absolute atomic E-state index is 0.285. The quantitative estimate of drug-likeness (QED) is 0.580. The van der Waals surface area contributed by atoms with Gasteiger partial charge in [-0.1, -0.05) is 11.6 Å². The van der Waals surface area contributed by atoms with Crippen LogP contribution >= 0.6 is 27.5 Å². The molecule has 0 radical (unpaired) electrons. The Bertz CT molecular complexity index is 496. The Morgan fingerprint density at radius 1 is 1.38 bits per heavy atom. The first-order chi connectivity index (χ1) is 9.86. The van der Waals surface area contributed by atoms with Crippen molar-refractivity contribution in [2.24, 2.45) is 0 Å². The summed E-state index contributed by atoms with van der Waals surface area (Å²) < 4.78 is 16.0. The molecule has 0 bridgehead atoms. The number of esters is 1. The summed E-state index contributed by atoms with van der Waals surface area (Å²) >= 11 is 9.31. The summed E-state index contributed by atoms with van der Waals surface area (Å²) in [6.07, 6.45) is -0.246. The fourth-order valence-electron chi connectivity index (χ4n) is 1.90. The number of rotatable bonds is 7. The fraction of sp³-hybridized carbons (Fsp3) is 0.500. The minimum Gasteiger partial charge on any atom is -0.467 e. The number of hydrogen-bond donors (Lipinski definition) is 1. The lowest BCUT2D eigenvalue weighted by atomic mass is 9.96. The summed E-state index contributed by atoms with van der Waals surface area (Å²) in [5.74, 6) is -0.410.